The topological polar surface area (TPSA) is 71.1 Å². The Morgan fingerprint density at radius 2 is 2.10 bits per heavy atom. The van der Waals surface area contributed by atoms with Crippen molar-refractivity contribution in [3.8, 4) is 0 Å². The maximum atomic E-state index is 12.2. The van der Waals surface area contributed by atoms with E-state index in [-0.39, 0.29) is 11.8 Å². The minimum atomic E-state index is -0.203. The quantitative estimate of drug-likeness (QED) is 0.888. The van der Waals surface area contributed by atoms with Gasteiger partial charge in [-0.3, -0.25) is 9.59 Å². The third-order valence-corrected chi connectivity index (χ3v) is 3.42. The molecule has 2 heterocycles. The molecule has 0 atom stereocenters. The Morgan fingerprint density at radius 3 is 2.86 bits per heavy atom. The van der Waals surface area contributed by atoms with Crippen molar-refractivity contribution in [3.63, 3.8) is 0 Å². The first kappa shape index (κ1) is 13.3. The zero-order chi connectivity index (χ0) is 14.8. The van der Waals surface area contributed by atoms with E-state index < -0.39 is 0 Å². The highest BCUT2D eigenvalue weighted by Gasteiger charge is 2.16. The van der Waals surface area contributed by atoms with Crippen molar-refractivity contribution in [1.29, 1.82) is 0 Å². The van der Waals surface area contributed by atoms with E-state index >= 15 is 0 Å². The van der Waals surface area contributed by atoms with E-state index in [4.69, 9.17) is 0 Å². The number of aryl methyl sites for hydroxylation is 2. The Kier molecular flexibility index (Phi) is 3.39. The summed E-state index contributed by atoms with van der Waals surface area (Å²) in [6.07, 6.45) is 2.82. The highest BCUT2D eigenvalue weighted by molar-refractivity contribution is 6.04. The summed E-state index contributed by atoms with van der Waals surface area (Å²) >= 11 is 0. The molecule has 0 saturated carbocycles. The highest BCUT2D eigenvalue weighted by Crippen LogP contribution is 2.23. The van der Waals surface area contributed by atoms with Gasteiger partial charge in [0.2, 0.25) is 5.91 Å². The molecule has 1 aliphatic rings. The molecule has 0 unspecified atom stereocenters. The second kappa shape index (κ2) is 5.36. The van der Waals surface area contributed by atoms with Crippen molar-refractivity contribution in [2.45, 2.75) is 19.8 Å². The third-order valence-electron chi connectivity index (χ3n) is 3.42. The molecule has 1 aromatic carbocycles. The molecule has 0 aliphatic carbocycles. The minimum absolute atomic E-state index is 0.0172. The number of benzene rings is 1. The lowest BCUT2D eigenvalue weighted by atomic mass is 10.00. The second-order valence-electron chi connectivity index (χ2n) is 5.10. The average Bonchev–Trinajstić information content (AvgIpc) is 2.49. The molecule has 106 valence electrons. The van der Waals surface area contributed by atoms with Gasteiger partial charge >= 0.3 is 0 Å². The molecule has 0 fully saturated rings. The molecule has 0 saturated heterocycles. The predicted molar refractivity (Wildman–Crippen MR) is 80.3 cm³/mol. The summed E-state index contributed by atoms with van der Waals surface area (Å²) < 4.78 is 0. The summed E-state index contributed by atoms with van der Waals surface area (Å²) in [6, 6.07) is 8.95. The number of carbonyl (C=O) groups is 2. The van der Waals surface area contributed by atoms with E-state index in [1.807, 2.05) is 19.1 Å². The molecular weight excluding hydrogens is 266 g/mol. The van der Waals surface area contributed by atoms with Crippen LogP contribution in [0, 0.1) is 6.92 Å². The number of aromatic nitrogens is 1. The van der Waals surface area contributed by atoms with Crippen LogP contribution in [-0.4, -0.2) is 16.8 Å². The van der Waals surface area contributed by atoms with Gasteiger partial charge in [-0.15, -0.1) is 0 Å². The van der Waals surface area contributed by atoms with Crippen LogP contribution in [0.25, 0.3) is 0 Å². The standard InChI is InChI=1S/C16H15N3O2/c1-10-2-6-14(17-9-10)19-16(21)12-3-5-13-11(8-12)4-7-15(20)18-13/h2-3,5-6,8-9H,4,7H2,1H3,(H,18,20)(H,17,19,21). The largest absolute Gasteiger partial charge is 0.326 e. The monoisotopic (exact) mass is 281 g/mol. The van der Waals surface area contributed by atoms with Gasteiger partial charge in [-0.25, -0.2) is 4.98 Å². The highest BCUT2D eigenvalue weighted by atomic mass is 16.2. The van der Waals surface area contributed by atoms with Gasteiger partial charge < -0.3 is 10.6 Å². The van der Waals surface area contributed by atoms with Crippen molar-refractivity contribution in [2.75, 3.05) is 10.6 Å². The van der Waals surface area contributed by atoms with Crippen molar-refractivity contribution in [3.05, 3.63) is 53.2 Å². The van der Waals surface area contributed by atoms with Gasteiger partial charge in [0, 0.05) is 23.9 Å². The van der Waals surface area contributed by atoms with Gasteiger partial charge in [-0.2, -0.15) is 0 Å². The Labute approximate surface area is 122 Å². The van der Waals surface area contributed by atoms with Crippen molar-refractivity contribution >= 4 is 23.3 Å². The number of rotatable bonds is 2. The SMILES string of the molecule is Cc1ccc(NC(=O)c2ccc3c(c2)CCC(=O)N3)nc1. The fraction of sp³-hybridized carbons (Fsp3) is 0.188. The summed E-state index contributed by atoms with van der Waals surface area (Å²) in [7, 11) is 0. The van der Waals surface area contributed by atoms with Crippen LogP contribution in [0.1, 0.15) is 27.9 Å². The zero-order valence-electron chi connectivity index (χ0n) is 11.6. The van der Waals surface area contributed by atoms with Crippen LogP contribution < -0.4 is 10.6 Å². The summed E-state index contributed by atoms with van der Waals surface area (Å²) in [4.78, 5) is 27.7. The maximum absolute atomic E-state index is 12.2. The number of pyridine rings is 1. The van der Waals surface area contributed by atoms with Crippen molar-refractivity contribution in [1.82, 2.24) is 4.98 Å². The predicted octanol–water partition coefficient (Wildman–Crippen LogP) is 2.53. The molecule has 5 nitrogen and oxygen atoms in total. The molecule has 21 heavy (non-hydrogen) atoms. The molecule has 0 bridgehead atoms. The van der Waals surface area contributed by atoms with Crippen LogP contribution in [0.4, 0.5) is 11.5 Å². The van der Waals surface area contributed by atoms with Crippen LogP contribution in [-0.2, 0) is 11.2 Å². The first-order valence-corrected chi connectivity index (χ1v) is 6.78. The number of fused-ring (bicyclic) bond motifs is 1. The van der Waals surface area contributed by atoms with Crippen LogP contribution in [0.3, 0.4) is 0 Å². The molecule has 2 aromatic rings. The number of hydrogen-bond donors (Lipinski definition) is 2. The Hall–Kier alpha value is -2.69. The lowest BCUT2D eigenvalue weighted by molar-refractivity contribution is -0.116. The number of nitrogens with zero attached hydrogens (tertiary/aromatic N) is 1. The van der Waals surface area contributed by atoms with Gasteiger partial charge in [0.05, 0.1) is 0 Å². The summed E-state index contributed by atoms with van der Waals surface area (Å²) in [6.45, 7) is 1.94. The van der Waals surface area contributed by atoms with E-state index in [0.29, 0.717) is 24.2 Å². The van der Waals surface area contributed by atoms with Gasteiger partial charge in [-0.1, -0.05) is 6.07 Å². The zero-order valence-corrected chi connectivity index (χ0v) is 11.6. The molecule has 0 radical (unpaired) electrons. The average molecular weight is 281 g/mol. The molecule has 3 rings (SSSR count). The molecule has 5 heteroatoms. The summed E-state index contributed by atoms with van der Waals surface area (Å²) in [5.41, 5.74) is 3.38. The van der Waals surface area contributed by atoms with E-state index in [9.17, 15) is 9.59 Å². The normalized spacial score (nSPS) is 13.3. The van der Waals surface area contributed by atoms with Crippen LogP contribution in [0.15, 0.2) is 36.5 Å². The van der Waals surface area contributed by atoms with Crippen LogP contribution in [0.5, 0.6) is 0 Å². The fourth-order valence-corrected chi connectivity index (χ4v) is 2.25. The molecule has 0 spiro atoms. The van der Waals surface area contributed by atoms with Crippen LogP contribution in [0.2, 0.25) is 0 Å². The maximum Gasteiger partial charge on any atom is 0.256 e. The third kappa shape index (κ3) is 2.91. The number of hydrogen-bond acceptors (Lipinski definition) is 3. The van der Waals surface area contributed by atoms with E-state index in [1.165, 1.54) is 0 Å². The summed E-state index contributed by atoms with van der Waals surface area (Å²) in [5.74, 6) is 0.339. The minimum Gasteiger partial charge on any atom is -0.326 e. The molecule has 1 aromatic heterocycles. The first-order chi connectivity index (χ1) is 10.1. The lowest BCUT2D eigenvalue weighted by Crippen LogP contribution is -2.20. The van der Waals surface area contributed by atoms with Gasteiger partial charge in [-0.05, 0) is 48.7 Å². The first-order valence-electron chi connectivity index (χ1n) is 6.78. The molecular formula is C16H15N3O2. The molecule has 2 amide bonds. The summed E-state index contributed by atoms with van der Waals surface area (Å²) in [5, 5.41) is 5.56. The van der Waals surface area contributed by atoms with Crippen molar-refractivity contribution in [2.24, 2.45) is 0 Å². The van der Waals surface area contributed by atoms with Crippen molar-refractivity contribution < 1.29 is 9.59 Å². The number of amides is 2. The Balaban J connectivity index is 1.79. The second-order valence-corrected chi connectivity index (χ2v) is 5.10. The number of nitrogens with one attached hydrogen (secondary N) is 2. The van der Waals surface area contributed by atoms with Gasteiger partial charge in [0.1, 0.15) is 5.82 Å². The Morgan fingerprint density at radius 1 is 1.24 bits per heavy atom. The fourth-order valence-electron chi connectivity index (χ4n) is 2.25. The van der Waals surface area contributed by atoms with Gasteiger partial charge in [0.25, 0.3) is 5.91 Å². The number of anilines is 2. The molecule has 2 N–H and O–H groups in total. The van der Waals surface area contributed by atoms with E-state index in [2.05, 4.69) is 15.6 Å². The number of carbonyl (C=O) groups excluding carboxylic acids is 2. The molecule has 1 aliphatic heterocycles. The van der Waals surface area contributed by atoms with Crippen LogP contribution >= 0.6 is 0 Å². The smallest absolute Gasteiger partial charge is 0.256 e. The lowest BCUT2D eigenvalue weighted by Gasteiger charge is -2.17. The van der Waals surface area contributed by atoms with Gasteiger partial charge in [0.15, 0.2) is 0 Å². The Bertz CT molecular complexity index is 708. The van der Waals surface area contributed by atoms with E-state index in [1.54, 1.807) is 24.4 Å². The van der Waals surface area contributed by atoms with E-state index in [0.717, 1.165) is 16.8 Å².